The van der Waals surface area contributed by atoms with E-state index in [9.17, 15) is 14.7 Å². The molecule has 3 N–H and O–H groups in total. The van der Waals surface area contributed by atoms with Gasteiger partial charge in [-0.25, -0.2) is 19.6 Å². The molecule has 0 unspecified atom stereocenters. The zero-order valence-electron chi connectivity index (χ0n) is 25.3. The van der Waals surface area contributed by atoms with Crippen LogP contribution >= 0.6 is 23.2 Å². The van der Waals surface area contributed by atoms with E-state index in [4.69, 9.17) is 27.9 Å². The first-order chi connectivity index (χ1) is 22.6. The Labute approximate surface area is 277 Å². The summed E-state index contributed by atoms with van der Waals surface area (Å²) in [5.74, 6) is -1.30. The summed E-state index contributed by atoms with van der Waals surface area (Å²) in [6, 6.07) is 18.1. The number of nitrogens with one attached hydrogen (secondary N) is 2. The van der Waals surface area contributed by atoms with E-state index >= 15 is 0 Å². The largest absolute Gasteiger partial charge is 0.478 e. The number of hydrogen-bond donors (Lipinski definition) is 3. The monoisotopic (exact) mass is 664 g/mol. The fraction of sp³-hybridized carbons (Fsp3) is 0.0857. The van der Waals surface area contributed by atoms with Crippen molar-refractivity contribution in [3.63, 3.8) is 0 Å². The van der Waals surface area contributed by atoms with Crippen molar-refractivity contribution in [2.75, 3.05) is 7.11 Å². The number of carbonyl (C=O) groups is 2. The SMILES string of the molecule is COC(=O)c1ccc2c(c1)c(-c1cc3c(Cl)ccnc3[nH]1)cn2C.Cn1cc(-c2cc3c(Cl)ccnc3[nH]2)c2cc(C(=O)O)ccc21. The smallest absolute Gasteiger partial charge is 0.337 e. The number of pyridine rings is 2. The van der Waals surface area contributed by atoms with Crippen LogP contribution in [0.25, 0.3) is 66.4 Å². The highest BCUT2D eigenvalue weighted by Gasteiger charge is 2.17. The molecule has 6 heterocycles. The zero-order valence-corrected chi connectivity index (χ0v) is 26.8. The predicted octanol–water partition coefficient (Wildman–Crippen LogP) is 8.23. The summed E-state index contributed by atoms with van der Waals surface area (Å²) in [6.07, 6.45) is 7.30. The number of benzene rings is 2. The molecular weight excluding hydrogens is 639 g/mol. The van der Waals surface area contributed by atoms with Crippen LogP contribution in [-0.4, -0.2) is 53.2 Å². The van der Waals surface area contributed by atoms with Gasteiger partial charge in [0.2, 0.25) is 0 Å². The number of H-pyrrole nitrogens is 2. The molecule has 0 aliphatic rings. The molecule has 0 aliphatic heterocycles. The van der Waals surface area contributed by atoms with Gasteiger partial charge in [0.15, 0.2) is 0 Å². The van der Waals surface area contributed by atoms with Gasteiger partial charge < -0.3 is 28.9 Å². The van der Waals surface area contributed by atoms with Crippen LogP contribution in [0.5, 0.6) is 0 Å². The lowest BCUT2D eigenvalue weighted by Crippen LogP contribution is -2.00. The Morgan fingerprint density at radius 1 is 0.702 bits per heavy atom. The van der Waals surface area contributed by atoms with E-state index in [2.05, 4.69) is 19.9 Å². The van der Waals surface area contributed by atoms with Gasteiger partial charge in [-0.05, 0) is 60.7 Å². The average molecular weight is 666 g/mol. The number of aryl methyl sites for hydroxylation is 2. The molecule has 47 heavy (non-hydrogen) atoms. The number of esters is 1. The Balaban J connectivity index is 0.000000150. The van der Waals surface area contributed by atoms with E-state index in [-0.39, 0.29) is 11.5 Å². The number of rotatable bonds is 4. The molecule has 10 nitrogen and oxygen atoms in total. The van der Waals surface area contributed by atoms with Crippen LogP contribution in [-0.2, 0) is 18.8 Å². The molecule has 0 fully saturated rings. The van der Waals surface area contributed by atoms with E-state index in [0.717, 1.165) is 60.7 Å². The summed E-state index contributed by atoms with van der Waals surface area (Å²) < 4.78 is 8.81. The highest BCUT2D eigenvalue weighted by Crippen LogP contribution is 2.35. The van der Waals surface area contributed by atoms with Crippen molar-refractivity contribution in [2.45, 2.75) is 0 Å². The molecule has 12 heteroatoms. The minimum Gasteiger partial charge on any atom is -0.478 e. The number of aromatic carboxylic acids is 1. The number of nitrogens with zero attached hydrogens (tertiary/aromatic N) is 4. The zero-order chi connectivity index (χ0) is 33.0. The van der Waals surface area contributed by atoms with Crippen molar-refractivity contribution in [1.29, 1.82) is 0 Å². The van der Waals surface area contributed by atoms with Gasteiger partial charge >= 0.3 is 11.9 Å². The maximum atomic E-state index is 11.8. The summed E-state index contributed by atoms with van der Waals surface area (Å²) in [6.45, 7) is 0. The number of halogens is 2. The van der Waals surface area contributed by atoms with Gasteiger partial charge in [0.25, 0.3) is 0 Å². The Kier molecular flexibility index (Phi) is 7.46. The molecule has 0 saturated heterocycles. The number of aromatic nitrogens is 6. The average Bonchev–Trinajstić information content (AvgIpc) is 3.85. The second-order valence-corrected chi connectivity index (χ2v) is 11.9. The molecule has 234 valence electrons. The number of hydrogen-bond acceptors (Lipinski definition) is 5. The second-order valence-electron chi connectivity index (χ2n) is 11.0. The number of carboxylic acid groups (broad SMARTS) is 1. The standard InChI is InChI=1S/C18H14ClN3O2.C17H12ClN3O2/c1-22-9-13(11-7-10(18(23)24-2)3-4-16(11)22)15-8-12-14(19)5-6-20-17(12)21-15;1-21-8-12(10-6-9(17(22)23)2-3-15(10)21)14-7-11-13(18)4-5-19-16(11)20-14/h3-9H,1-2H3,(H,20,21);2-8H,1H3,(H,19,20)(H,22,23). The van der Waals surface area contributed by atoms with Crippen LogP contribution in [0.1, 0.15) is 20.7 Å². The third-order valence-corrected chi connectivity index (χ3v) is 8.84. The number of carbonyl (C=O) groups excluding carboxylic acids is 1. The molecule has 0 bridgehead atoms. The Hall–Kier alpha value is -5.58. The quantitative estimate of drug-likeness (QED) is 0.162. The molecule has 6 aromatic heterocycles. The molecule has 8 rings (SSSR count). The minimum absolute atomic E-state index is 0.261. The first-order valence-electron chi connectivity index (χ1n) is 14.4. The highest BCUT2D eigenvalue weighted by molar-refractivity contribution is 6.35. The van der Waals surface area contributed by atoms with Crippen LogP contribution in [0.3, 0.4) is 0 Å². The highest BCUT2D eigenvalue weighted by atomic mass is 35.5. The Morgan fingerprint density at radius 3 is 1.62 bits per heavy atom. The summed E-state index contributed by atoms with van der Waals surface area (Å²) in [5.41, 5.74) is 7.86. The van der Waals surface area contributed by atoms with Crippen LogP contribution in [0.2, 0.25) is 10.0 Å². The fourth-order valence-corrected chi connectivity index (χ4v) is 6.27. The fourth-order valence-electron chi connectivity index (χ4n) is 5.87. The van der Waals surface area contributed by atoms with E-state index in [1.54, 1.807) is 42.7 Å². The van der Waals surface area contributed by atoms with E-state index in [1.807, 2.05) is 66.0 Å². The normalized spacial score (nSPS) is 11.3. The number of methoxy groups -OCH3 is 1. The molecule has 0 saturated carbocycles. The number of fused-ring (bicyclic) bond motifs is 4. The molecule has 0 aliphatic carbocycles. The van der Waals surface area contributed by atoms with Crippen molar-refractivity contribution in [3.05, 3.63) is 107 Å². The van der Waals surface area contributed by atoms with E-state index < -0.39 is 5.97 Å². The van der Waals surface area contributed by atoms with Gasteiger partial charge in [-0.1, -0.05) is 23.2 Å². The molecule has 8 aromatic rings. The summed E-state index contributed by atoms with van der Waals surface area (Å²) in [4.78, 5) is 38.2. The maximum absolute atomic E-state index is 11.8. The molecule has 0 spiro atoms. The maximum Gasteiger partial charge on any atom is 0.337 e. The first kappa shape index (κ1) is 30.1. The lowest BCUT2D eigenvalue weighted by atomic mass is 10.1. The topological polar surface area (TPSA) is 131 Å². The van der Waals surface area contributed by atoms with Crippen molar-refractivity contribution in [1.82, 2.24) is 29.1 Å². The van der Waals surface area contributed by atoms with Gasteiger partial charge in [-0.3, -0.25) is 0 Å². The molecule has 0 atom stereocenters. The third-order valence-electron chi connectivity index (χ3n) is 8.18. The van der Waals surface area contributed by atoms with Crippen LogP contribution in [0.15, 0.2) is 85.5 Å². The van der Waals surface area contributed by atoms with Crippen molar-refractivity contribution in [2.24, 2.45) is 14.1 Å². The van der Waals surface area contributed by atoms with Gasteiger partial charge in [0, 0.05) is 94.0 Å². The summed E-state index contributed by atoms with van der Waals surface area (Å²) in [5, 5.41) is 14.0. The number of ether oxygens (including phenoxy) is 1. The third kappa shape index (κ3) is 5.27. The molecule has 0 radical (unpaired) electrons. The van der Waals surface area contributed by atoms with Gasteiger partial charge in [0.05, 0.1) is 28.3 Å². The van der Waals surface area contributed by atoms with Gasteiger partial charge in [0.1, 0.15) is 11.3 Å². The van der Waals surface area contributed by atoms with Crippen molar-refractivity contribution < 1.29 is 19.4 Å². The van der Waals surface area contributed by atoms with Crippen LogP contribution in [0.4, 0.5) is 0 Å². The van der Waals surface area contributed by atoms with Gasteiger partial charge in [-0.2, -0.15) is 0 Å². The Bertz CT molecular complexity index is 2520. The number of carboxylic acids is 1. The second kappa shape index (κ2) is 11.7. The lowest BCUT2D eigenvalue weighted by Gasteiger charge is -2.01. The van der Waals surface area contributed by atoms with Crippen LogP contribution < -0.4 is 0 Å². The first-order valence-corrected chi connectivity index (χ1v) is 15.2. The van der Waals surface area contributed by atoms with E-state index in [1.165, 1.54) is 7.11 Å². The minimum atomic E-state index is -0.942. The van der Waals surface area contributed by atoms with E-state index in [0.29, 0.717) is 21.3 Å². The number of aromatic amines is 2. The van der Waals surface area contributed by atoms with Gasteiger partial charge in [-0.15, -0.1) is 0 Å². The molecular formula is C35H26Cl2N6O4. The Morgan fingerprint density at radius 2 is 1.17 bits per heavy atom. The summed E-state index contributed by atoms with van der Waals surface area (Å²) >= 11 is 12.4. The van der Waals surface area contributed by atoms with Crippen LogP contribution in [0, 0.1) is 0 Å². The molecule has 0 amide bonds. The van der Waals surface area contributed by atoms with Crippen molar-refractivity contribution in [3.8, 4) is 22.5 Å². The predicted molar refractivity (Wildman–Crippen MR) is 184 cm³/mol. The summed E-state index contributed by atoms with van der Waals surface area (Å²) in [7, 11) is 5.28. The molecule has 2 aromatic carbocycles. The van der Waals surface area contributed by atoms with Crippen molar-refractivity contribution >= 4 is 79.0 Å². The lowest BCUT2D eigenvalue weighted by molar-refractivity contribution is 0.0600.